The number of halogens is 4. The van der Waals surface area contributed by atoms with E-state index in [0.717, 1.165) is 24.3 Å². The van der Waals surface area contributed by atoms with Crippen molar-refractivity contribution in [3.05, 3.63) is 29.8 Å². The Morgan fingerprint density at radius 2 is 1.69 bits per heavy atom. The van der Waals surface area contributed by atoms with Gasteiger partial charge in [0.15, 0.2) is 0 Å². The molecule has 0 spiro atoms. The molecular weight excluding hydrogens is 506 g/mol. The fourth-order valence-corrected chi connectivity index (χ4v) is 2.68. The van der Waals surface area contributed by atoms with Crippen LogP contribution in [0.25, 0.3) is 0 Å². The lowest BCUT2D eigenvalue weighted by molar-refractivity contribution is -0.158. The Morgan fingerprint density at radius 1 is 1.10 bits per heavy atom. The van der Waals surface area contributed by atoms with Crippen LogP contribution < -0.4 is 16.0 Å². The molecule has 0 aliphatic carbocycles. The number of ether oxygens (including phenoxy) is 1. The molecule has 0 aliphatic rings. The molecule has 1 atom stereocenters. The summed E-state index contributed by atoms with van der Waals surface area (Å²) in [6, 6.07) is 2.24. The Kier molecular flexibility index (Phi) is 9.17. The number of rotatable bonds is 7. The fourth-order valence-electron chi connectivity index (χ4n) is 2.05. The van der Waals surface area contributed by atoms with Crippen molar-refractivity contribution >= 4 is 46.2 Å². The van der Waals surface area contributed by atoms with Gasteiger partial charge in [-0.25, -0.2) is 9.59 Å². The van der Waals surface area contributed by atoms with Crippen LogP contribution in [-0.2, 0) is 20.5 Å². The molecule has 0 heterocycles. The lowest BCUT2D eigenvalue weighted by atomic mass is 10.1. The smallest absolute Gasteiger partial charge is 0.416 e. The third-order valence-electron chi connectivity index (χ3n) is 3.30. The molecule has 0 saturated carbocycles. The Hall–Kier alpha value is -2.05. The van der Waals surface area contributed by atoms with Crippen molar-refractivity contribution < 1.29 is 32.3 Å². The molecule has 1 aromatic carbocycles. The number of urea groups is 1. The van der Waals surface area contributed by atoms with Crippen LogP contribution in [0, 0.1) is 0 Å². The number of alkyl halides is 4. The second-order valence-electron chi connectivity index (χ2n) is 7.01. The maximum Gasteiger partial charge on any atom is 0.416 e. The Balaban J connectivity index is 2.53. The van der Waals surface area contributed by atoms with Crippen LogP contribution >= 0.6 is 22.6 Å². The van der Waals surface area contributed by atoms with E-state index in [2.05, 4.69) is 38.5 Å². The Bertz CT molecular complexity index is 719. The van der Waals surface area contributed by atoms with Crippen molar-refractivity contribution in [2.75, 3.05) is 16.3 Å². The van der Waals surface area contributed by atoms with Crippen LogP contribution in [0.2, 0.25) is 0 Å². The van der Waals surface area contributed by atoms with Crippen molar-refractivity contribution in [3.8, 4) is 0 Å². The highest BCUT2D eigenvalue weighted by Gasteiger charge is 2.30. The van der Waals surface area contributed by atoms with Gasteiger partial charge in [0.05, 0.1) is 12.1 Å². The first-order chi connectivity index (χ1) is 13.3. The summed E-state index contributed by atoms with van der Waals surface area (Å²) in [6.07, 6.45) is -4.11. The van der Waals surface area contributed by atoms with Gasteiger partial charge >= 0.3 is 18.2 Å². The predicted molar refractivity (Wildman–Crippen MR) is 110 cm³/mol. The first-order valence-electron chi connectivity index (χ1n) is 8.62. The van der Waals surface area contributed by atoms with Crippen LogP contribution in [0.5, 0.6) is 0 Å². The van der Waals surface area contributed by atoms with Gasteiger partial charge in [-0.1, -0.05) is 22.6 Å². The van der Waals surface area contributed by atoms with Crippen molar-refractivity contribution in [2.45, 2.75) is 45.0 Å². The number of nitrogens with one attached hydrogen (secondary N) is 3. The van der Waals surface area contributed by atoms with E-state index in [9.17, 15) is 27.6 Å². The largest absolute Gasteiger partial charge is 0.458 e. The molecule has 0 fully saturated rings. The highest BCUT2D eigenvalue weighted by atomic mass is 127. The van der Waals surface area contributed by atoms with E-state index in [1.54, 1.807) is 20.8 Å². The van der Waals surface area contributed by atoms with Crippen LogP contribution in [0.15, 0.2) is 24.3 Å². The second-order valence-corrected chi connectivity index (χ2v) is 8.09. The van der Waals surface area contributed by atoms with Gasteiger partial charge in [-0.2, -0.15) is 13.2 Å². The van der Waals surface area contributed by atoms with Crippen LogP contribution in [0.4, 0.5) is 23.7 Å². The Labute approximate surface area is 180 Å². The topological polar surface area (TPSA) is 96.5 Å². The average molecular weight is 529 g/mol. The van der Waals surface area contributed by atoms with Gasteiger partial charge < -0.3 is 20.7 Å². The van der Waals surface area contributed by atoms with E-state index in [1.807, 2.05) is 0 Å². The number of hydrogen-bond donors (Lipinski definition) is 3. The average Bonchev–Trinajstić information content (AvgIpc) is 2.58. The molecule has 162 valence electrons. The standard InChI is InChI=1S/C18H23F3IN3O4/c1-17(2,3)29-15(27)13(8-9-22)25-14(26)10-23-16(28)24-12-6-4-11(5-7-12)18(19,20)21/h4-7,13H,8-10H2,1-3H3,(H,25,26)(H2,23,24,28)/t13-/m0/s1. The molecule has 1 rings (SSSR count). The molecule has 29 heavy (non-hydrogen) atoms. The van der Waals surface area contributed by atoms with E-state index in [0.29, 0.717) is 10.8 Å². The van der Waals surface area contributed by atoms with E-state index >= 15 is 0 Å². The molecule has 3 N–H and O–H groups in total. The minimum absolute atomic E-state index is 0.132. The predicted octanol–water partition coefficient (Wildman–Crippen LogP) is 3.48. The Morgan fingerprint density at radius 3 is 2.17 bits per heavy atom. The molecule has 0 aliphatic heterocycles. The van der Waals surface area contributed by atoms with E-state index < -0.39 is 47.8 Å². The van der Waals surface area contributed by atoms with Crippen LogP contribution in [-0.4, -0.2) is 40.5 Å². The van der Waals surface area contributed by atoms with Crippen molar-refractivity contribution in [1.29, 1.82) is 0 Å². The molecule has 1 aromatic rings. The minimum Gasteiger partial charge on any atom is -0.458 e. The van der Waals surface area contributed by atoms with Crippen molar-refractivity contribution in [3.63, 3.8) is 0 Å². The first-order valence-corrected chi connectivity index (χ1v) is 10.1. The molecule has 0 radical (unpaired) electrons. The van der Waals surface area contributed by atoms with E-state index in [1.165, 1.54) is 0 Å². The van der Waals surface area contributed by atoms with Gasteiger partial charge in [0.25, 0.3) is 0 Å². The van der Waals surface area contributed by atoms with Gasteiger partial charge in [-0.3, -0.25) is 4.79 Å². The summed E-state index contributed by atoms with van der Waals surface area (Å²) in [4.78, 5) is 36.0. The summed E-state index contributed by atoms with van der Waals surface area (Å²) < 4.78 is 43.4. The number of anilines is 1. The van der Waals surface area contributed by atoms with Gasteiger partial charge in [0.2, 0.25) is 5.91 Å². The maximum atomic E-state index is 12.5. The van der Waals surface area contributed by atoms with E-state index in [4.69, 9.17) is 4.74 Å². The number of hydrogen-bond acceptors (Lipinski definition) is 4. The lowest BCUT2D eigenvalue weighted by Crippen LogP contribution is -2.48. The van der Waals surface area contributed by atoms with Gasteiger partial charge in [0, 0.05) is 10.1 Å². The number of esters is 1. The SMILES string of the molecule is CC(C)(C)OC(=O)[C@H](CCI)NC(=O)CNC(=O)Nc1ccc(C(F)(F)F)cc1. The number of carbonyl (C=O) groups is 3. The number of carbonyl (C=O) groups excluding carboxylic acids is 3. The quantitative estimate of drug-likeness (QED) is 0.287. The summed E-state index contributed by atoms with van der Waals surface area (Å²) in [7, 11) is 0. The van der Waals surface area contributed by atoms with Crippen molar-refractivity contribution in [1.82, 2.24) is 10.6 Å². The normalized spacial score (nSPS) is 12.7. The van der Waals surface area contributed by atoms with Gasteiger partial charge in [-0.15, -0.1) is 0 Å². The molecule has 0 bridgehead atoms. The third kappa shape index (κ3) is 9.81. The summed E-state index contributed by atoms with van der Waals surface area (Å²) >= 11 is 2.06. The molecule has 0 unspecified atom stereocenters. The zero-order valence-electron chi connectivity index (χ0n) is 16.2. The zero-order chi connectivity index (χ0) is 22.2. The maximum absolute atomic E-state index is 12.5. The summed E-state index contributed by atoms with van der Waals surface area (Å²) in [5.74, 6) is -1.18. The second kappa shape index (κ2) is 10.6. The molecule has 0 saturated heterocycles. The highest BCUT2D eigenvalue weighted by molar-refractivity contribution is 14.1. The summed E-state index contributed by atoms with van der Waals surface area (Å²) in [6.45, 7) is 4.70. The highest BCUT2D eigenvalue weighted by Crippen LogP contribution is 2.29. The van der Waals surface area contributed by atoms with Gasteiger partial charge in [0.1, 0.15) is 11.6 Å². The van der Waals surface area contributed by atoms with Crippen LogP contribution in [0.1, 0.15) is 32.8 Å². The first kappa shape index (κ1) is 25.0. The monoisotopic (exact) mass is 529 g/mol. The zero-order valence-corrected chi connectivity index (χ0v) is 18.3. The molecule has 0 aromatic heterocycles. The molecule has 7 nitrogen and oxygen atoms in total. The summed E-state index contributed by atoms with van der Waals surface area (Å²) in [5.41, 5.74) is -1.41. The summed E-state index contributed by atoms with van der Waals surface area (Å²) in [5, 5.41) is 7.09. The minimum atomic E-state index is -4.47. The fraction of sp³-hybridized carbons (Fsp3) is 0.500. The number of amides is 3. The van der Waals surface area contributed by atoms with E-state index in [-0.39, 0.29) is 5.69 Å². The van der Waals surface area contributed by atoms with Crippen molar-refractivity contribution in [2.24, 2.45) is 0 Å². The molecule has 3 amide bonds. The van der Waals surface area contributed by atoms with Gasteiger partial charge in [-0.05, 0) is 51.5 Å². The van der Waals surface area contributed by atoms with Crippen LogP contribution in [0.3, 0.4) is 0 Å². The molecule has 11 heteroatoms. The number of benzene rings is 1. The lowest BCUT2D eigenvalue weighted by Gasteiger charge is -2.24. The molecular formula is C18H23F3IN3O4. The third-order valence-corrected chi connectivity index (χ3v) is 3.93.